The maximum Gasteiger partial charge on any atom is 0.118 e. The molecule has 0 radical (unpaired) electrons. The number of ether oxygens (including phenoxy) is 1. The van der Waals surface area contributed by atoms with Crippen LogP contribution in [0, 0.1) is 6.92 Å². The van der Waals surface area contributed by atoms with E-state index in [0.717, 1.165) is 11.4 Å². The smallest absolute Gasteiger partial charge is 0.118 e. The van der Waals surface area contributed by atoms with Crippen LogP contribution in [0.1, 0.15) is 11.3 Å². The Bertz CT molecular complexity index is 565. The lowest BCUT2D eigenvalue weighted by atomic mass is 10.0. The molecule has 1 aromatic carbocycles. The molecule has 0 saturated carbocycles. The third kappa shape index (κ3) is 2.16. The largest absolute Gasteiger partial charge is 0.497 e. The second-order valence-corrected chi connectivity index (χ2v) is 4.28. The van der Waals surface area contributed by atoms with Crippen LogP contribution in [0.25, 0.3) is 11.1 Å². The molecule has 18 heavy (non-hydrogen) atoms. The van der Waals surface area contributed by atoms with Gasteiger partial charge in [-0.3, -0.25) is 4.99 Å². The minimum Gasteiger partial charge on any atom is -0.497 e. The zero-order valence-corrected chi connectivity index (χ0v) is 11.3. The van der Waals surface area contributed by atoms with Gasteiger partial charge in [0.2, 0.25) is 0 Å². The Morgan fingerprint density at radius 2 is 1.89 bits per heavy atom. The van der Waals surface area contributed by atoms with Crippen LogP contribution < -0.4 is 4.74 Å². The average molecular weight is 242 g/mol. The zero-order valence-electron chi connectivity index (χ0n) is 11.3. The lowest BCUT2D eigenvalue weighted by molar-refractivity contribution is 0.415. The van der Waals surface area contributed by atoms with E-state index in [0.29, 0.717) is 0 Å². The first kappa shape index (κ1) is 12.4. The molecule has 3 nitrogen and oxygen atoms in total. The first-order chi connectivity index (χ1) is 8.67. The number of benzene rings is 1. The SMILES string of the molecule is CN=Cc1c(C)c(-c2ccc(OC)cc2)cn1C. The number of rotatable bonds is 3. The van der Waals surface area contributed by atoms with Gasteiger partial charge in [0.05, 0.1) is 12.8 Å². The van der Waals surface area contributed by atoms with Crippen molar-refractivity contribution < 1.29 is 4.74 Å². The van der Waals surface area contributed by atoms with Crippen molar-refractivity contribution in [2.45, 2.75) is 6.92 Å². The molecule has 0 aliphatic carbocycles. The molecule has 0 spiro atoms. The Morgan fingerprint density at radius 3 is 2.44 bits per heavy atom. The summed E-state index contributed by atoms with van der Waals surface area (Å²) in [5, 5.41) is 0. The fourth-order valence-electron chi connectivity index (χ4n) is 2.13. The van der Waals surface area contributed by atoms with Crippen molar-refractivity contribution in [2.24, 2.45) is 12.0 Å². The zero-order chi connectivity index (χ0) is 13.1. The van der Waals surface area contributed by atoms with Gasteiger partial charge in [-0.05, 0) is 30.2 Å². The van der Waals surface area contributed by atoms with Crippen LogP contribution in [0.15, 0.2) is 35.5 Å². The van der Waals surface area contributed by atoms with E-state index in [-0.39, 0.29) is 0 Å². The number of aryl methyl sites for hydroxylation is 1. The van der Waals surface area contributed by atoms with Crippen LogP contribution in [-0.4, -0.2) is 24.9 Å². The lowest BCUT2D eigenvalue weighted by Gasteiger charge is -2.03. The normalized spacial score (nSPS) is 11.1. The van der Waals surface area contributed by atoms with E-state index in [4.69, 9.17) is 4.74 Å². The van der Waals surface area contributed by atoms with Crippen molar-refractivity contribution in [1.82, 2.24) is 4.57 Å². The second kappa shape index (κ2) is 5.08. The summed E-state index contributed by atoms with van der Waals surface area (Å²) in [4.78, 5) is 4.10. The molecule has 0 amide bonds. The highest BCUT2D eigenvalue weighted by atomic mass is 16.5. The van der Waals surface area contributed by atoms with Crippen LogP contribution in [0.4, 0.5) is 0 Å². The molecule has 2 rings (SSSR count). The average Bonchev–Trinajstić information content (AvgIpc) is 2.67. The van der Waals surface area contributed by atoms with Gasteiger partial charge in [-0.1, -0.05) is 12.1 Å². The molecule has 2 aromatic rings. The number of nitrogens with zero attached hydrogens (tertiary/aromatic N) is 2. The molecule has 0 fully saturated rings. The monoisotopic (exact) mass is 242 g/mol. The molecule has 0 saturated heterocycles. The molecular formula is C15H18N2O. The molecule has 3 heteroatoms. The molecule has 1 aromatic heterocycles. The van der Waals surface area contributed by atoms with Crippen molar-refractivity contribution in [3.63, 3.8) is 0 Å². The van der Waals surface area contributed by atoms with E-state index < -0.39 is 0 Å². The summed E-state index contributed by atoms with van der Waals surface area (Å²) < 4.78 is 7.28. The van der Waals surface area contributed by atoms with E-state index in [9.17, 15) is 0 Å². The van der Waals surface area contributed by atoms with Gasteiger partial charge in [0.1, 0.15) is 5.75 Å². The minimum absolute atomic E-state index is 0.877. The first-order valence-electron chi connectivity index (χ1n) is 5.90. The summed E-state index contributed by atoms with van der Waals surface area (Å²) >= 11 is 0. The van der Waals surface area contributed by atoms with E-state index in [1.165, 1.54) is 16.7 Å². The fraction of sp³-hybridized carbons (Fsp3) is 0.267. The number of aromatic nitrogens is 1. The van der Waals surface area contributed by atoms with Crippen molar-refractivity contribution in [3.8, 4) is 16.9 Å². The van der Waals surface area contributed by atoms with Gasteiger partial charge in [0, 0.05) is 32.1 Å². The number of methoxy groups -OCH3 is 1. The molecule has 0 aliphatic rings. The van der Waals surface area contributed by atoms with Gasteiger partial charge in [0.25, 0.3) is 0 Å². The van der Waals surface area contributed by atoms with E-state index in [1.54, 1.807) is 14.2 Å². The second-order valence-electron chi connectivity index (χ2n) is 4.28. The molecular weight excluding hydrogens is 224 g/mol. The van der Waals surface area contributed by atoms with Gasteiger partial charge in [-0.15, -0.1) is 0 Å². The van der Waals surface area contributed by atoms with E-state index in [1.807, 2.05) is 25.4 Å². The molecule has 0 unspecified atom stereocenters. The van der Waals surface area contributed by atoms with Crippen molar-refractivity contribution in [1.29, 1.82) is 0 Å². The third-order valence-corrected chi connectivity index (χ3v) is 3.14. The number of hydrogen-bond acceptors (Lipinski definition) is 2. The highest BCUT2D eigenvalue weighted by Gasteiger charge is 2.10. The van der Waals surface area contributed by atoms with E-state index in [2.05, 4.69) is 34.8 Å². The Labute approximate surface area is 108 Å². The Hall–Kier alpha value is -2.03. The molecule has 1 heterocycles. The van der Waals surface area contributed by atoms with Gasteiger partial charge in [-0.2, -0.15) is 0 Å². The standard InChI is InChI=1S/C15H18N2O/c1-11-14(10-17(3)15(11)9-16-2)12-5-7-13(18-4)8-6-12/h5-10H,1-4H3. The first-order valence-corrected chi connectivity index (χ1v) is 5.90. The number of aliphatic imine (C=N–C) groups is 1. The number of hydrogen-bond donors (Lipinski definition) is 0. The molecule has 0 N–H and O–H groups in total. The Kier molecular flexibility index (Phi) is 3.51. The summed E-state index contributed by atoms with van der Waals surface area (Å²) in [7, 11) is 5.51. The van der Waals surface area contributed by atoms with Gasteiger partial charge < -0.3 is 9.30 Å². The van der Waals surface area contributed by atoms with Gasteiger partial charge in [-0.25, -0.2) is 0 Å². The molecule has 94 valence electrons. The predicted molar refractivity (Wildman–Crippen MR) is 75.7 cm³/mol. The maximum absolute atomic E-state index is 5.18. The summed E-state index contributed by atoms with van der Waals surface area (Å²) in [6.45, 7) is 2.12. The summed E-state index contributed by atoms with van der Waals surface area (Å²) in [5.74, 6) is 0.877. The quantitative estimate of drug-likeness (QED) is 0.760. The molecule has 0 aliphatic heterocycles. The Balaban J connectivity index is 2.47. The van der Waals surface area contributed by atoms with Crippen LogP contribution in [0.3, 0.4) is 0 Å². The van der Waals surface area contributed by atoms with Crippen LogP contribution in [0.5, 0.6) is 5.75 Å². The Morgan fingerprint density at radius 1 is 1.22 bits per heavy atom. The maximum atomic E-state index is 5.18. The highest BCUT2D eigenvalue weighted by molar-refractivity contribution is 5.84. The topological polar surface area (TPSA) is 26.5 Å². The van der Waals surface area contributed by atoms with Crippen LogP contribution >= 0.6 is 0 Å². The van der Waals surface area contributed by atoms with E-state index >= 15 is 0 Å². The van der Waals surface area contributed by atoms with Gasteiger partial charge >= 0.3 is 0 Å². The summed E-state index contributed by atoms with van der Waals surface area (Å²) in [5.41, 5.74) is 4.81. The predicted octanol–water partition coefficient (Wildman–Crippen LogP) is 3.06. The highest BCUT2D eigenvalue weighted by Crippen LogP contribution is 2.28. The molecule has 0 atom stereocenters. The van der Waals surface area contributed by atoms with Crippen molar-refractivity contribution in [3.05, 3.63) is 41.7 Å². The van der Waals surface area contributed by atoms with Gasteiger partial charge in [0.15, 0.2) is 0 Å². The fourth-order valence-corrected chi connectivity index (χ4v) is 2.13. The van der Waals surface area contributed by atoms with Crippen molar-refractivity contribution >= 4 is 6.21 Å². The van der Waals surface area contributed by atoms with Crippen LogP contribution in [-0.2, 0) is 7.05 Å². The lowest BCUT2D eigenvalue weighted by Crippen LogP contribution is -1.94. The summed E-state index contributed by atoms with van der Waals surface area (Å²) in [6.07, 6.45) is 4.02. The summed E-state index contributed by atoms with van der Waals surface area (Å²) in [6, 6.07) is 8.12. The third-order valence-electron chi connectivity index (χ3n) is 3.14. The molecule has 0 bridgehead atoms. The van der Waals surface area contributed by atoms with Crippen LogP contribution in [0.2, 0.25) is 0 Å². The minimum atomic E-state index is 0.877. The van der Waals surface area contributed by atoms with Crippen molar-refractivity contribution in [2.75, 3.05) is 14.2 Å².